The molecule has 1 aliphatic heterocycles. The van der Waals surface area contributed by atoms with Crippen LogP contribution in [0.15, 0.2) is 40.8 Å². The number of piperidine rings is 1. The summed E-state index contributed by atoms with van der Waals surface area (Å²) in [4.78, 5) is 33.1. The summed E-state index contributed by atoms with van der Waals surface area (Å²) in [6.45, 7) is 4.18. The van der Waals surface area contributed by atoms with Gasteiger partial charge in [-0.15, -0.1) is 11.3 Å². The number of likely N-dealkylation sites (tertiary alicyclic amines) is 1. The van der Waals surface area contributed by atoms with Gasteiger partial charge in [0.2, 0.25) is 5.91 Å². The summed E-state index contributed by atoms with van der Waals surface area (Å²) in [5.74, 6) is -0.0220. The molecular weight excluding hydrogens is 394 g/mol. The Labute approximate surface area is 172 Å². The zero-order valence-electron chi connectivity index (χ0n) is 15.9. The van der Waals surface area contributed by atoms with Gasteiger partial charge in [-0.05, 0) is 50.8 Å². The van der Waals surface area contributed by atoms with Crippen LogP contribution in [0.2, 0.25) is 5.02 Å². The van der Waals surface area contributed by atoms with E-state index in [9.17, 15) is 9.59 Å². The van der Waals surface area contributed by atoms with E-state index in [1.165, 1.54) is 22.2 Å². The van der Waals surface area contributed by atoms with Crippen molar-refractivity contribution in [3.63, 3.8) is 0 Å². The summed E-state index contributed by atoms with van der Waals surface area (Å²) in [7, 11) is 0. The van der Waals surface area contributed by atoms with Crippen molar-refractivity contribution in [1.82, 2.24) is 14.5 Å². The van der Waals surface area contributed by atoms with Gasteiger partial charge in [-0.2, -0.15) is 0 Å². The number of amides is 1. The Morgan fingerprint density at radius 2 is 1.89 bits per heavy atom. The lowest BCUT2D eigenvalue weighted by Gasteiger charge is -2.39. The lowest BCUT2D eigenvalue weighted by Crippen LogP contribution is -2.49. The normalized spacial score (nSPS) is 19.9. The van der Waals surface area contributed by atoms with E-state index >= 15 is 0 Å². The van der Waals surface area contributed by atoms with E-state index in [1.54, 1.807) is 12.1 Å². The fourth-order valence-electron chi connectivity index (χ4n) is 4.06. The number of aromatic nitrogens is 2. The Hall–Kier alpha value is -2.18. The lowest BCUT2D eigenvalue weighted by molar-refractivity contribution is -0.138. The van der Waals surface area contributed by atoms with Gasteiger partial charge >= 0.3 is 0 Å². The second-order valence-electron chi connectivity index (χ2n) is 7.44. The second-order valence-corrected chi connectivity index (χ2v) is 8.74. The maximum absolute atomic E-state index is 13.2. The molecule has 1 aliphatic rings. The maximum atomic E-state index is 13.2. The average Bonchev–Trinajstić information content (AvgIpc) is 3.09. The van der Waals surface area contributed by atoms with Crippen LogP contribution >= 0.6 is 22.9 Å². The molecule has 0 saturated carbocycles. The van der Waals surface area contributed by atoms with E-state index in [2.05, 4.69) is 18.8 Å². The Morgan fingerprint density at radius 3 is 2.57 bits per heavy atom. The van der Waals surface area contributed by atoms with E-state index < -0.39 is 0 Å². The quantitative estimate of drug-likeness (QED) is 0.629. The summed E-state index contributed by atoms with van der Waals surface area (Å²) < 4.78 is 1.44. The molecule has 1 fully saturated rings. The minimum absolute atomic E-state index is 0.0202. The molecule has 0 N–H and O–H groups in total. The van der Waals surface area contributed by atoms with Crippen molar-refractivity contribution in [2.24, 2.45) is 0 Å². The molecule has 1 saturated heterocycles. The number of carbonyl (C=O) groups excluding carboxylic acids is 1. The molecule has 5 nitrogen and oxygen atoms in total. The van der Waals surface area contributed by atoms with Crippen LogP contribution in [0.3, 0.4) is 0 Å². The summed E-state index contributed by atoms with van der Waals surface area (Å²) in [6, 6.07) is 7.80. The van der Waals surface area contributed by atoms with E-state index in [0.29, 0.717) is 15.2 Å². The number of thiophene rings is 1. The molecular formula is C21H22ClN3O2S. The van der Waals surface area contributed by atoms with Crippen LogP contribution in [0.1, 0.15) is 33.1 Å². The molecule has 3 heterocycles. The van der Waals surface area contributed by atoms with Crippen molar-refractivity contribution >= 4 is 39.1 Å². The first-order valence-electron chi connectivity index (χ1n) is 9.49. The lowest BCUT2D eigenvalue weighted by atomic mass is 9.97. The highest BCUT2D eigenvalue weighted by Gasteiger charge is 2.29. The van der Waals surface area contributed by atoms with Crippen molar-refractivity contribution in [3.05, 3.63) is 51.3 Å². The van der Waals surface area contributed by atoms with Gasteiger partial charge in [0.25, 0.3) is 5.56 Å². The molecule has 4 rings (SSSR count). The number of carbonyl (C=O) groups is 1. The molecule has 2 atom stereocenters. The van der Waals surface area contributed by atoms with Crippen molar-refractivity contribution in [2.45, 2.75) is 51.7 Å². The largest absolute Gasteiger partial charge is 0.336 e. The number of rotatable bonds is 3. The van der Waals surface area contributed by atoms with E-state index in [4.69, 9.17) is 11.6 Å². The van der Waals surface area contributed by atoms with Gasteiger partial charge in [-0.25, -0.2) is 4.98 Å². The molecule has 0 aliphatic carbocycles. The van der Waals surface area contributed by atoms with Crippen molar-refractivity contribution in [2.75, 3.05) is 0 Å². The van der Waals surface area contributed by atoms with Gasteiger partial charge in [-0.3, -0.25) is 14.2 Å². The molecule has 146 valence electrons. The molecule has 2 aromatic heterocycles. The Bertz CT molecular complexity index is 1060. The van der Waals surface area contributed by atoms with Gasteiger partial charge in [0.15, 0.2) is 0 Å². The van der Waals surface area contributed by atoms with Gasteiger partial charge in [-0.1, -0.05) is 23.7 Å². The van der Waals surface area contributed by atoms with Crippen LogP contribution in [-0.4, -0.2) is 32.4 Å². The molecule has 28 heavy (non-hydrogen) atoms. The third-order valence-corrected chi connectivity index (χ3v) is 6.64. The van der Waals surface area contributed by atoms with E-state index in [-0.39, 0.29) is 30.1 Å². The highest BCUT2D eigenvalue weighted by Crippen LogP contribution is 2.31. The third kappa shape index (κ3) is 3.47. The first-order chi connectivity index (χ1) is 13.5. The van der Waals surface area contributed by atoms with Gasteiger partial charge in [0.05, 0.1) is 11.7 Å². The highest BCUT2D eigenvalue weighted by molar-refractivity contribution is 7.17. The number of halogens is 1. The SMILES string of the molecule is CC1CCCC(C)N1C(=O)Cn1cnc2scc(-c3ccc(Cl)cc3)c2c1=O. The van der Waals surface area contributed by atoms with Gasteiger partial charge < -0.3 is 4.90 Å². The zero-order chi connectivity index (χ0) is 19.8. The average molecular weight is 416 g/mol. The fraction of sp³-hybridized carbons (Fsp3) is 0.381. The number of hydrogen-bond acceptors (Lipinski definition) is 4. The Morgan fingerprint density at radius 1 is 1.21 bits per heavy atom. The molecule has 3 aromatic rings. The van der Waals surface area contributed by atoms with E-state index in [1.807, 2.05) is 22.4 Å². The molecule has 0 bridgehead atoms. The van der Waals surface area contributed by atoms with Crippen molar-refractivity contribution < 1.29 is 4.79 Å². The standard InChI is InChI=1S/C21H22ClN3O2S/c1-13-4-3-5-14(2)25(13)18(26)10-24-12-23-20-19(21(24)27)17(11-28-20)15-6-8-16(22)9-7-15/h6-9,11-14H,3-5,10H2,1-2H3. The number of hydrogen-bond donors (Lipinski definition) is 0. The Balaban J connectivity index is 1.70. The zero-order valence-corrected chi connectivity index (χ0v) is 17.5. The Kier molecular flexibility index (Phi) is 5.25. The first kappa shape index (κ1) is 19.2. The molecule has 7 heteroatoms. The van der Waals surface area contributed by atoms with Crippen molar-refractivity contribution in [1.29, 1.82) is 0 Å². The predicted octanol–water partition coefficient (Wildman–Crippen LogP) is 4.57. The molecule has 1 amide bonds. The van der Waals surface area contributed by atoms with Crippen LogP contribution < -0.4 is 5.56 Å². The van der Waals surface area contributed by atoms with Crippen LogP contribution in [-0.2, 0) is 11.3 Å². The summed E-state index contributed by atoms with van der Waals surface area (Å²) in [6.07, 6.45) is 4.64. The van der Waals surface area contributed by atoms with Crippen LogP contribution in [0.4, 0.5) is 0 Å². The number of nitrogens with zero attached hydrogens (tertiary/aromatic N) is 3. The van der Waals surface area contributed by atoms with Crippen molar-refractivity contribution in [3.8, 4) is 11.1 Å². The molecule has 0 radical (unpaired) electrons. The number of fused-ring (bicyclic) bond motifs is 1. The van der Waals surface area contributed by atoms with Gasteiger partial charge in [0.1, 0.15) is 11.4 Å². The summed E-state index contributed by atoms with van der Waals surface area (Å²) >= 11 is 7.42. The minimum atomic E-state index is -0.179. The van der Waals surface area contributed by atoms with Gasteiger partial charge in [0, 0.05) is 28.0 Å². The third-order valence-electron chi connectivity index (χ3n) is 5.50. The fourth-order valence-corrected chi connectivity index (χ4v) is 5.09. The van der Waals surface area contributed by atoms with Crippen LogP contribution in [0.25, 0.3) is 21.3 Å². The van der Waals surface area contributed by atoms with Crippen LogP contribution in [0, 0.1) is 0 Å². The summed E-state index contributed by atoms with van der Waals surface area (Å²) in [5.41, 5.74) is 1.56. The summed E-state index contributed by atoms with van der Waals surface area (Å²) in [5, 5.41) is 3.14. The topological polar surface area (TPSA) is 55.2 Å². The first-order valence-corrected chi connectivity index (χ1v) is 10.7. The smallest absolute Gasteiger partial charge is 0.263 e. The molecule has 0 spiro atoms. The van der Waals surface area contributed by atoms with Crippen LogP contribution in [0.5, 0.6) is 0 Å². The van der Waals surface area contributed by atoms with E-state index in [0.717, 1.165) is 30.4 Å². The second kappa shape index (κ2) is 7.68. The highest BCUT2D eigenvalue weighted by atomic mass is 35.5. The number of benzene rings is 1. The molecule has 1 aromatic carbocycles. The minimum Gasteiger partial charge on any atom is -0.336 e. The molecule has 2 unspecified atom stereocenters. The monoisotopic (exact) mass is 415 g/mol. The maximum Gasteiger partial charge on any atom is 0.263 e. The predicted molar refractivity (Wildman–Crippen MR) is 114 cm³/mol.